The van der Waals surface area contributed by atoms with Crippen LogP contribution in [0, 0.1) is 11.7 Å². The molecule has 2 atom stereocenters. The summed E-state index contributed by atoms with van der Waals surface area (Å²) in [5, 5.41) is 0. The monoisotopic (exact) mass is 436 g/mol. The molecule has 1 fully saturated rings. The Kier molecular flexibility index (Phi) is 6.81. The minimum atomic E-state index is -3.24. The van der Waals surface area contributed by atoms with Gasteiger partial charge in [0.25, 0.3) is 5.91 Å². The predicted molar refractivity (Wildman–Crippen MR) is 96.3 cm³/mol. The molecule has 0 bridgehead atoms. The summed E-state index contributed by atoms with van der Waals surface area (Å²) in [5.74, 6) is -0.0810. The molecule has 1 N–H and O–H groups in total. The quantitative estimate of drug-likeness (QED) is 0.740. The summed E-state index contributed by atoms with van der Waals surface area (Å²) in [5.41, 5.74) is 0. The molecule has 140 valence electrons. The van der Waals surface area contributed by atoms with Gasteiger partial charge in [0, 0.05) is 19.6 Å². The number of hydrogen-bond acceptors (Lipinski definition) is 4. The van der Waals surface area contributed by atoms with E-state index < -0.39 is 21.9 Å². The van der Waals surface area contributed by atoms with E-state index in [0.29, 0.717) is 29.9 Å². The summed E-state index contributed by atoms with van der Waals surface area (Å²) in [6, 6.07) is 4.02. The van der Waals surface area contributed by atoms with Crippen LogP contribution in [0.5, 0.6) is 5.75 Å². The summed E-state index contributed by atoms with van der Waals surface area (Å²) in [7, 11) is -3.24. The SMILES string of the molecule is CC(Oc1ccc(F)cc1Br)C(=O)N1CCCC(CNS(C)(=O)=O)C1. The van der Waals surface area contributed by atoms with Crippen LogP contribution in [0.4, 0.5) is 4.39 Å². The third kappa shape index (κ3) is 6.23. The molecule has 1 saturated heterocycles. The molecule has 0 aromatic heterocycles. The van der Waals surface area contributed by atoms with Gasteiger partial charge in [-0.05, 0) is 59.8 Å². The van der Waals surface area contributed by atoms with E-state index in [1.165, 1.54) is 18.2 Å². The van der Waals surface area contributed by atoms with Crippen molar-refractivity contribution in [2.75, 3.05) is 25.9 Å². The standard InChI is InChI=1S/C16H22BrFN2O4S/c1-11(24-15-6-5-13(18)8-14(15)17)16(21)20-7-3-4-12(10-20)9-19-25(2,22)23/h5-6,8,11-12,19H,3-4,7,9-10H2,1-2H3. The number of sulfonamides is 1. The van der Waals surface area contributed by atoms with Crippen molar-refractivity contribution in [1.29, 1.82) is 0 Å². The zero-order valence-corrected chi connectivity index (χ0v) is 16.6. The van der Waals surface area contributed by atoms with Gasteiger partial charge in [-0.25, -0.2) is 17.5 Å². The average Bonchev–Trinajstić information content (AvgIpc) is 2.54. The Morgan fingerprint density at radius 1 is 1.52 bits per heavy atom. The molecule has 0 spiro atoms. The van der Waals surface area contributed by atoms with Crippen molar-refractivity contribution in [3.63, 3.8) is 0 Å². The molecule has 2 unspecified atom stereocenters. The number of amides is 1. The van der Waals surface area contributed by atoms with E-state index >= 15 is 0 Å². The summed E-state index contributed by atoms with van der Waals surface area (Å²) >= 11 is 3.21. The number of likely N-dealkylation sites (tertiary alicyclic amines) is 1. The molecule has 0 aliphatic carbocycles. The molecule has 25 heavy (non-hydrogen) atoms. The Bertz CT molecular complexity index is 729. The molecule has 1 aromatic carbocycles. The number of nitrogens with zero attached hydrogens (tertiary/aromatic N) is 1. The van der Waals surface area contributed by atoms with Gasteiger partial charge in [-0.1, -0.05) is 0 Å². The van der Waals surface area contributed by atoms with Gasteiger partial charge in [0.15, 0.2) is 6.10 Å². The first-order valence-electron chi connectivity index (χ1n) is 8.01. The smallest absolute Gasteiger partial charge is 0.263 e. The van der Waals surface area contributed by atoms with Crippen molar-refractivity contribution in [2.45, 2.75) is 25.9 Å². The van der Waals surface area contributed by atoms with E-state index in [-0.39, 0.29) is 11.8 Å². The molecule has 1 amide bonds. The molecule has 1 aliphatic rings. The highest BCUT2D eigenvalue weighted by atomic mass is 79.9. The van der Waals surface area contributed by atoms with Crippen LogP contribution in [0.25, 0.3) is 0 Å². The van der Waals surface area contributed by atoms with Crippen LogP contribution in [-0.2, 0) is 14.8 Å². The normalized spacial score (nSPS) is 19.5. The number of carbonyl (C=O) groups excluding carboxylic acids is 1. The molecule has 0 radical (unpaired) electrons. The Morgan fingerprint density at radius 2 is 2.24 bits per heavy atom. The van der Waals surface area contributed by atoms with Gasteiger partial charge < -0.3 is 9.64 Å². The second kappa shape index (κ2) is 8.46. The van der Waals surface area contributed by atoms with Crippen LogP contribution in [0.15, 0.2) is 22.7 Å². The van der Waals surface area contributed by atoms with Crippen LogP contribution < -0.4 is 9.46 Å². The first-order chi connectivity index (χ1) is 11.7. The van der Waals surface area contributed by atoms with Crippen LogP contribution >= 0.6 is 15.9 Å². The van der Waals surface area contributed by atoms with Gasteiger partial charge in [0.2, 0.25) is 10.0 Å². The Labute approximate surface area is 155 Å². The number of halogens is 2. The van der Waals surface area contributed by atoms with Gasteiger partial charge in [0.1, 0.15) is 11.6 Å². The lowest BCUT2D eigenvalue weighted by Gasteiger charge is -2.34. The van der Waals surface area contributed by atoms with Gasteiger partial charge in [-0.15, -0.1) is 0 Å². The topological polar surface area (TPSA) is 75.7 Å². The van der Waals surface area contributed by atoms with E-state index in [1.807, 2.05) is 0 Å². The molecule has 0 saturated carbocycles. The van der Waals surface area contributed by atoms with Gasteiger partial charge in [-0.3, -0.25) is 4.79 Å². The first kappa shape index (κ1) is 20.1. The van der Waals surface area contributed by atoms with Crippen molar-refractivity contribution >= 4 is 31.9 Å². The number of piperidine rings is 1. The Balaban J connectivity index is 1.94. The zero-order valence-electron chi connectivity index (χ0n) is 14.2. The lowest BCUT2D eigenvalue weighted by atomic mass is 9.98. The maximum absolute atomic E-state index is 13.1. The Hall–Kier alpha value is -1.19. The second-order valence-electron chi connectivity index (χ2n) is 6.25. The maximum Gasteiger partial charge on any atom is 0.263 e. The van der Waals surface area contributed by atoms with E-state index in [0.717, 1.165) is 19.1 Å². The maximum atomic E-state index is 13.1. The second-order valence-corrected chi connectivity index (χ2v) is 8.94. The number of nitrogens with one attached hydrogen (secondary N) is 1. The molecular formula is C16H22BrFN2O4S. The van der Waals surface area contributed by atoms with Crippen molar-refractivity contribution in [1.82, 2.24) is 9.62 Å². The van der Waals surface area contributed by atoms with Crippen LogP contribution in [-0.4, -0.2) is 51.2 Å². The highest BCUT2D eigenvalue weighted by Crippen LogP contribution is 2.27. The van der Waals surface area contributed by atoms with E-state index in [2.05, 4.69) is 20.7 Å². The zero-order chi connectivity index (χ0) is 18.6. The molecule has 9 heteroatoms. The first-order valence-corrected chi connectivity index (χ1v) is 10.7. The minimum Gasteiger partial charge on any atom is -0.480 e. The number of ether oxygens (including phenoxy) is 1. The van der Waals surface area contributed by atoms with Gasteiger partial charge in [-0.2, -0.15) is 0 Å². The summed E-state index contributed by atoms with van der Waals surface area (Å²) < 4.78 is 44.1. The fourth-order valence-electron chi connectivity index (χ4n) is 2.77. The summed E-state index contributed by atoms with van der Waals surface area (Å²) in [4.78, 5) is 14.3. The number of carbonyl (C=O) groups is 1. The summed E-state index contributed by atoms with van der Waals surface area (Å²) in [6.07, 6.45) is 2.08. The van der Waals surface area contributed by atoms with E-state index in [9.17, 15) is 17.6 Å². The Morgan fingerprint density at radius 3 is 2.88 bits per heavy atom. The number of rotatable bonds is 6. The number of benzene rings is 1. The van der Waals surface area contributed by atoms with Gasteiger partial charge >= 0.3 is 0 Å². The number of hydrogen-bond donors (Lipinski definition) is 1. The van der Waals surface area contributed by atoms with E-state index in [1.54, 1.807) is 11.8 Å². The largest absolute Gasteiger partial charge is 0.480 e. The fourth-order valence-corrected chi connectivity index (χ4v) is 3.75. The average molecular weight is 437 g/mol. The van der Waals surface area contributed by atoms with Crippen molar-refractivity contribution in [2.24, 2.45) is 5.92 Å². The highest BCUT2D eigenvalue weighted by molar-refractivity contribution is 9.10. The molecule has 6 nitrogen and oxygen atoms in total. The third-order valence-corrected chi connectivity index (χ3v) is 5.32. The fraction of sp³-hybridized carbons (Fsp3) is 0.562. The van der Waals surface area contributed by atoms with Crippen molar-refractivity contribution in [3.8, 4) is 5.75 Å². The molecule has 1 aliphatic heterocycles. The van der Waals surface area contributed by atoms with Crippen LogP contribution in [0.3, 0.4) is 0 Å². The predicted octanol–water partition coefficient (Wildman–Crippen LogP) is 2.14. The highest BCUT2D eigenvalue weighted by Gasteiger charge is 2.28. The molecule has 1 heterocycles. The van der Waals surface area contributed by atoms with Crippen molar-refractivity contribution < 1.29 is 22.3 Å². The van der Waals surface area contributed by atoms with Crippen LogP contribution in [0.1, 0.15) is 19.8 Å². The minimum absolute atomic E-state index is 0.0807. The lowest BCUT2D eigenvalue weighted by Crippen LogP contribution is -2.47. The van der Waals surface area contributed by atoms with Crippen LogP contribution in [0.2, 0.25) is 0 Å². The lowest BCUT2D eigenvalue weighted by molar-refractivity contribution is -0.139. The third-order valence-electron chi connectivity index (χ3n) is 4.01. The summed E-state index contributed by atoms with van der Waals surface area (Å²) in [6.45, 7) is 3.07. The van der Waals surface area contributed by atoms with Gasteiger partial charge in [0.05, 0.1) is 10.7 Å². The van der Waals surface area contributed by atoms with Crippen molar-refractivity contribution in [3.05, 3.63) is 28.5 Å². The molecule has 1 aromatic rings. The van der Waals surface area contributed by atoms with E-state index in [4.69, 9.17) is 4.74 Å². The molecular weight excluding hydrogens is 415 g/mol. The molecule has 2 rings (SSSR count).